The lowest BCUT2D eigenvalue weighted by Crippen LogP contribution is -2.41. The minimum Gasteiger partial charge on any atom is -0.493 e. The zero-order valence-corrected chi connectivity index (χ0v) is 18.2. The van der Waals surface area contributed by atoms with Crippen LogP contribution >= 0.6 is 0 Å². The fourth-order valence-corrected chi connectivity index (χ4v) is 5.29. The van der Waals surface area contributed by atoms with Crippen LogP contribution in [0.3, 0.4) is 0 Å². The molecule has 2 atom stereocenters. The van der Waals surface area contributed by atoms with Gasteiger partial charge in [0.25, 0.3) is 5.92 Å². The van der Waals surface area contributed by atoms with Crippen molar-refractivity contribution in [2.45, 2.75) is 49.8 Å². The maximum Gasteiger partial charge on any atom is 0.260 e. The van der Waals surface area contributed by atoms with Crippen LogP contribution in [0.1, 0.15) is 39.0 Å². The Bertz CT molecular complexity index is 831. The van der Waals surface area contributed by atoms with Gasteiger partial charge in [0.05, 0.1) is 13.2 Å². The summed E-state index contributed by atoms with van der Waals surface area (Å²) < 4.78 is 83.2. The van der Waals surface area contributed by atoms with Gasteiger partial charge in [-0.15, -0.1) is 0 Å². The SMILES string of the molecule is CCC(F)(F)CN1CCC([C@H]2CC2CCOc2cc(F)c(S(C)(=O)=O)c(F)c2)CC1. The fraction of sp³-hybridized carbons (Fsp3) is 0.714. The van der Waals surface area contributed by atoms with Crippen LogP contribution in [-0.2, 0) is 9.84 Å². The van der Waals surface area contributed by atoms with E-state index in [-0.39, 0.29) is 18.7 Å². The lowest BCUT2D eigenvalue weighted by atomic mass is 9.90. The van der Waals surface area contributed by atoms with Gasteiger partial charge in [-0.25, -0.2) is 26.0 Å². The van der Waals surface area contributed by atoms with Gasteiger partial charge < -0.3 is 4.74 Å². The van der Waals surface area contributed by atoms with Gasteiger partial charge in [-0.05, 0) is 56.5 Å². The monoisotopic (exact) mass is 451 g/mol. The molecule has 1 aliphatic heterocycles. The first-order valence-corrected chi connectivity index (χ1v) is 12.3. The second-order valence-electron chi connectivity index (χ2n) is 8.61. The van der Waals surface area contributed by atoms with Crippen LogP contribution in [0.5, 0.6) is 5.75 Å². The van der Waals surface area contributed by atoms with Crippen molar-refractivity contribution < 1.29 is 30.7 Å². The first-order valence-electron chi connectivity index (χ1n) is 10.4. The van der Waals surface area contributed by atoms with Crippen molar-refractivity contribution in [3.05, 3.63) is 23.8 Å². The lowest BCUT2D eigenvalue weighted by molar-refractivity contribution is -0.0424. The fourth-order valence-electron chi connectivity index (χ4n) is 4.46. The Hall–Kier alpha value is -1.35. The van der Waals surface area contributed by atoms with Crippen LogP contribution in [0.2, 0.25) is 0 Å². The molecule has 1 heterocycles. The highest BCUT2D eigenvalue weighted by molar-refractivity contribution is 7.90. The van der Waals surface area contributed by atoms with Gasteiger partial charge in [-0.3, -0.25) is 4.90 Å². The lowest BCUT2D eigenvalue weighted by Gasteiger charge is -2.34. The second-order valence-corrected chi connectivity index (χ2v) is 10.6. The van der Waals surface area contributed by atoms with Crippen molar-refractivity contribution in [1.82, 2.24) is 4.90 Å². The van der Waals surface area contributed by atoms with Gasteiger partial charge in [-0.1, -0.05) is 6.92 Å². The van der Waals surface area contributed by atoms with E-state index < -0.39 is 32.3 Å². The third-order valence-corrected chi connectivity index (χ3v) is 7.42. The van der Waals surface area contributed by atoms with Crippen LogP contribution in [0.4, 0.5) is 17.6 Å². The topological polar surface area (TPSA) is 46.6 Å². The molecular formula is C21H29F4NO3S. The Kier molecular flexibility index (Phi) is 7.01. The first-order chi connectivity index (χ1) is 14.0. The minimum atomic E-state index is -3.99. The molecule has 0 bridgehead atoms. The molecule has 0 amide bonds. The van der Waals surface area contributed by atoms with Crippen molar-refractivity contribution in [1.29, 1.82) is 0 Å². The maximum absolute atomic E-state index is 13.9. The van der Waals surface area contributed by atoms with Gasteiger partial charge in [0.15, 0.2) is 9.84 Å². The highest BCUT2D eigenvalue weighted by atomic mass is 32.2. The van der Waals surface area contributed by atoms with E-state index in [0.29, 0.717) is 37.5 Å². The average molecular weight is 452 g/mol. The second kappa shape index (κ2) is 9.02. The third kappa shape index (κ3) is 5.87. The van der Waals surface area contributed by atoms with E-state index in [1.165, 1.54) is 6.92 Å². The number of hydrogen-bond acceptors (Lipinski definition) is 4. The number of halogens is 4. The molecule has 1 aliphatic carbocycles. The number of hydrogen-bond donors (Lipinski definition) is 0. The molecule has 0 radical (unpaired) electrons. The van der Waals surface area contributed by atoms with Gasteiger partial charge in [0.1, 0.15) is 22.3 Å². The highest BCUT2D eigenvalue weighted by Gasteiger charge is 2.43. The van der Waals surface area contributed by atoms with Crippen molar-refractivity contribution in [3.8, 4) is 5.75 Å². The van der Waals surface area contributed by atoms with E-state index in [4.69, 9.17) is 4.74 Å². The first kappa shape index (κ1) is 23.3. The summed E-state index contributed by atoms with van der Waals surface area (Å²) in [4.78, 5) is 0.907. The molecule has 2 aliphatic rings. The molecule has 1 saturated carbocycles. The number of piperidine rings is 1. The third-order valence-electron chi connectivity index (χ3n) is 6.29. The summed E-state index contributed by atoms with van der Waals surface area (Å²) in [6, 6.07) is 1.79. The van der Waals surface area contributed by atoms with Crippen LogP contribution in [0, 0.1) is 29.4 Å². The summed E-state index contributed by atoms with van der Waals surface area (Å²) >= 11 is 0. The minimum absolute atomic E-state index is 0.0280. The molecule has 1 aromatic carbocycles. The molecule has 1 unspecified atom stereocenters. The Morgan fingerprint density at radius 3 is 2.30 bits per heavy atom. The Morgan fingerprint density at radius 2 is 1.77 bits per heavy atom. The van der Waals surface area contributed by atoms with E-state index in [2.05, 4.69) is 0 Å². The van der Waals surface area contributed by atoms with E-state index in [9.17, 15) is 26.0 Å². The molecule has 4 nitrogen and oxygen atoms in total. The van der Waals surface area contributed by atoms with Crippen molar-refractivity contribution in [3.63, 3.8) is 0 Å². The zero-order chi connectivity index (χ0) is 22.1. The number of ether oxygens (including phenoxy) is 1. The van der Waals surface area contributed by atoms with Crippen LogP contribution in [0.25, 0.3) is 0 Å². The largest absolute Gasteiger partial charge is 0.493 e. The number of nitrogens with zero attached hydrogens (tertiary/aromatic N) is 1. The maximum atomic E-state index is 13.9. The molecule has 0 aromatic heterocycles. The number of benzene rings is 1. The molecule has 3 rings (SSSR count). The zero-order valence-electron chi connectivity index (χ0n) is 17.3. The normalized spacial score (nSPS) is 23.5. The van der Waals surface area contributed by atoms with Gasteiger partial charge in [-0.2, -0.15) is 0 Å². The predicted molar refractivity (Wildman–Crippen MR) is 106 cm³/mol. The summed E-state index contributed by atoms with van der Waals surface area (Å²) in [6.45, 7) is 3.03. The molecule has 9 heteroatoms. The van der Waals surface area contributed by atoms with Crippen LogP contribution in [0.15, 0.2) is 17.0 Å². The van der Waals surface area contributed by atoms with E-state index in [0.717, 1.165) is 44.1 Å². The van der Waals surface area contributed by atoms with Gasteiger partial charge >= 0.3 is 0 Å². The Morgan fingerprint density at radius 1 is 1.17 bits per heavy atom. The van der Waals surface area contributed by atoms with Crippen molar-refractivity contribution in [2.24, 2.45) is 17.8 Å². The number of alkyl halides is 2. The van der Waals surface area contributed by atoms with Crippen LogP contribution < -0.4 is 4.74 Å². The average Bonchev–Trinajstić information content (AvgIpc) is 3.40. The molecule has 2 fully saturated rings. The summed E-state index contributed by atoms with van der Waals surface area (Å²) in [5.41, 5.74) is 0. The molecule has 1 aromatic rings. The Balaban J connectivity index is 1.41. The molecular weight excluding hydrogens is 422 g/mol. The standard InChI is InChI=1S/C21H29F4NO3S/c1-3-21(24,25)13-26-7-4-14(5-8-26)17-10-15(17)6-9-29-16-11-18(22)20(19(23)12-16)30(2,27)28/h11-12,14-15,17H,3-10,13H2,1-2H3/t15?,17-/m1/s1. The Labute approximate surface area is 175 Å². The number of rotatable bonds is 9. The molecule has 1 saturated heterocycles. The molecule has 170 valence electrons. The van der Waals surface area contributed by atoms with Gasteiger partial charge in [0, 0.05) is 24.8 Å². The van der Waals surface area contributed by atoms with Gasteiger partial charge in [0.2, 0.25) is 0 Å². The molecule has 30 heavy (non-hydrogen) atoms. The summed E-state index contributed by atoms with van der Waals surface area (Å²) in [5, 5.41) is 0. The summed E-state index contributed by atoms with van der Waals surface area (Å²) in [5.74, 6) is -3.39. The molecule has 0 N–H and O–H groups in total. The summed E-state index contributed by atoms with van der Waals surface area (Å²) in [6.07, 6.45) is 4.27. The van der Waals surface area contributed by atoms with Crippen LogP contribution in [-0.4, -0.2) is 51.7 Å². The highest BCUT2D eigenvalue weighted by Crippen LogP contribution is 2.49. The molecule has 0 spiro atoms. The van der Waals surface area contributed by atoms with E-state index in [1.807, 2.05) is 4.90 Å². The predicted octanol–water partition coefficient (Wildman–Crippen LogP) is 4.53. The van der Waals surface area contributed by atoms with Crippen molar-refractivity contribution >= 4 is 9.84 Å². The summed E-state index contributed by atoms with van der Waals surface area (Å²) in [7, 11) is -3.99. The number of likely N-dealkylation sites (tertiary alicyclic amines) is 1. The smallest absolute Gasteiger partial charge is 0.260 e. The van der Waals surface area contributed by atoms with E-state index in [1.54, 1.807) is 0 Å². The van der Waals surface area contributed by atoms with Crippen molar-refractivity contribution in [2.75, 3.05) is 32.5 Å². The number of sulfone groups is 1. The quantitative estimate of drug-likeness (QED) is 0.518. The van der Waals surface area contributed by atoms with E-state index >= 15 is 0 Å².